The first-order chi connectivity index (χ1) is 14.9. The van der Waals surface area contributed by atoms with Crippen molar-refractivity contribution in [1.29, 1.82) is 0 Å². The molecule has 5 aromatic rings. The first-order valence-corrected chi connectivity index (χ1v) is 9.84. The summed E-state index contributed by atoms with van der Waals surface area (Å²) in [5.74, 6) is 0. The molecule has 0 spiro atoms. The molecule has 0 aliphatic carbocycles. The smallest absolute Gasteiger partial charge is 0.304 e. The van der Waals surface area contributed by atoms with Gasteiger partial charge in [-0.2, -0.15) is 24.3 Å². The molecule has 0 N–H and O–H groups in total. The summed E-state index contributed by atoms with van der Waals surface area (Å²) in [6.07, 6.45) is 14.4. The van der Waals surface area contributed by atoms with E-state index in [4.69, 9.17) is 0 Å². The maximum absolute atomic E-state index is 4.52. The van der Waals surface area contributed by atoms with Crippen LogP contribution in [0.1, 0.15) is 22.5 Å². The maximum Gasteiger partial charge on any atom is 2.00 e. The quantitative estimate of drug-likeness (QED) is 0.213. The third kappa shape index (κ3) is 4.54. The van der Waals surface area contributed by atoms with E-state index < -0.39 is 0 Å². The van der Waals surface area contributed by atoms with Gasteiger partial charge in [0.15, 0.2) is 0 Å². The summed E-state index contributed by atoms with van der Waals surface area (Å²) < 4.78 is 0. The zero-order chi connectivity index (χ0) is 20.2. The maximum atomic E-state index is 4.52. The van der Waals surface area contributed by atoms with Crippen molar-refractivity contribution in [1.82, 2.24) is 9.97 Å². The van der Waals surface area contributed by atoms with Crippen molar-refractivity contribution in [3.8, 4) is 0 Å². The number of rotatable bonds is 4. The molecule has 0 amide bonds. The Balaban J connectivity index is 0.00000231. The minimum absolute atomic E-state index is 0. The Morgan fingerprint density at radius 1 is 0.516 bits per heavy atom. The molecule has 5 rings (SSSR count). The van der Waals surface area contributed by atoms with E-state index in [0.29, 0.717) is 0 Å². The summed E-state index contributed by atoms with van der Waals surface area (Å²) >= 11 is 0. The van der Waals surface area contributed by atoms with Crippen molar-refractivity contribution in [3.63, 3.8) is 0 Å². The largest absolute Gasteiger partial charge is 2.00 e. The third-order valence-electron chi connectivity index (χ3n) is 5.06. The van der Waals surface area contributed by atoms with Gasteiger partial charge in [-0.05, 0) is 45.1 Å². The summed E-state index contributed by atoms with van der Waals surface area (Å²) in [7, 11) is 0. The second-order valence-electron chi connectivity index (χ2n) is 6.96. The Labute approximate surface area is 195 Å². The molecular weight excluding hydrogens is 471 g/mol. The monoisotopic (exact) mass is 488 g/mol. The summed E-state index contributed by atoms with van der Waals surface area (Å²) in [5.41, 5.74) is 3.73. The van der Waals surface area contributed by atoms with Crippen LogP contribution in [0.25, 0.3) is 33.7 Å². The van der Waals surface area contributed by atoms with Crippen molar-refractivity contribution in [2.24, 2.45) is 0 Å². The summed E-state index contributed by atoms with van der Waals surface area (Å²) in [6.45, 7) is 0. The second-order valence-corrected chi connectivity index (χ2v) is 6.96. The molecule has 31 heavy (non-hydrogen) atoms. The van der Waals surface area contributed by atoms with Crippen LogP contribution in [0.4, 0.5) is 0 Å². The number of aromatic nitrogens is 2. The fourth-order valence-electron chi connectivity index (χ4n) is 3.54. The zero-order valence-electron chi connectivity index (χ0n) is 16.6. The van der Waals surface area contributed by atoms with Gasteiger partial charge in [-0.15, -0.1) is 24.3 Å². The molecule has 0 fully saturated rings. The molecule has 2 heterocycles. The Kier molecular flexibility index (Phi) is 6.48. The SMILES string of the molecule is [C-](=Cc1nccc2ccccc12)c1ccccc1[C-]=Cc1nccc2ccccc12.[Pd+2]. The third-order valence-corrected chi connectivity index (χ3v) is 5.06. The number of pyridine rings is 2. The van der Waals surface area contributed by atoms with Gasteiger partial charge in [0.25, 0.3) is 0 Å². The van der Waals surface area contributed by atoms with Crippen molar-refractivity contribution >= 4 is 33.7 Å². The zero-order valence-corrected chi connectivity index (χ0v) is 18.2. The number of nitrogens with zero attached hydrogens (tertiary/aromatic N) is 2. The predicted molar refractivity (Wildman–Crippen MR) is 124 cm³/mol. The van der Waals surface area contributed by atoms with Gasteiger partial charge in [0.2, 0.25) is 0 Å². The molecule has 0 atom stereocenters. The molecule has 2 aromatic heterocycles. The Hall–Kier alpha value is -3.38. The van der Waals surface area contributed by atoms with E-state index in [2.05, 4.69) is 46.4 Å². The molecule has 150 valence electrons. The molecule has 0 radical (unpaired) electrons. The van der Waals surface area contributed by atoms with Crippen molar-refractivity contribution in [2.45, 2.75) is 0 Å². The average molecular weight is 489 g/mol. The van der Waals surface area contributed by atoms with E-state index in [1.54, 1.807) is 0 Å². The Bertz CT molecular complexity index is 1280. The molecule has 0 unspecified atom stereocenters. The summed E-state index contributed by atoms with van der Waals surface area (Å²) in [5, 5.41) is 4.57. The fraction of sp³-hybridized carbons (Fsp3) is 0. The van der Waals surface area contributed by atoms with Gasteiger partial charge >= 0.3 is 20.4 Å². The van der Waals surface area contributed by atoms with Crippen LogP contribution in [0.5, 0.6) is 0 Å². The molecule has 2 nitrogen and oxygen atoms in total. The number of fused-ring (bicyclic) bond motifs is 2. The number of hydrogen-bond acceptors (Lipinski definition) is 2. The van der Waals surface area contributed by atoms with Crippen LogP contribution in [0.3, 0.4) is 0 Å². The molecule has 0 saturated carbocycles. The van der Waals surface area contributed by atoms with E-state index in [0.717, 1.165) is 33.3 Å². The second kappa shape index (κ2) is 9.62. The van der Waals surface area contributed by atoms with Gasteiger partial charge in [0.1, 0.15) is 0 Å². The molecular formula is C28H18N2Pd. The Morgan fingerprint density at radius 3 is 1.42 bits per heavy atom. The van der Waals surface area contributed by atoms with E-state index in [-0.39, 0.29) is 20.4 Å². The molecule has 3 aromatic carbocycles. The fourth-order valence-corrected chi connectivity index (χ4v) is 3.54. The van der Waals surface area contributed by atoms with Gasteiger partial charge in [-0.25, -0.2) is 11.1 Å². The van der Waals surface area contributed by atoms with Crippen LogP contribution in [-0.2, 0) is 20.4 Å². The number of benzene rings is 3. The van der Waals surface area contributed by atoms with Crippen LogP contribution in [0.15, 0.2) is 97.3 Å². The van der Waals surface area contributed by atoms with Gasteiger partial charge < -0.3 is 9.97 Å². The van der Waals surface area contributed by atoms with Gasteiger partial charge in [0.05, 0.1) is 0 Å². The van der Waals surface area contributed by atoms with Crippen LogP contribution >= 0.6 is 0 Å². The number of hydrogen-bond donors (Lipinski definition) is 0. The normalized spacial score (nSPS) is 11.4. The average Bonchev–Trinajstić information content (AvgIpc) is 2.82. The standard InChI is InChI=1S/C28H18N2.Pd/c1-2-8-22(14-16-28-26-12-6-4-10-24(26)18-20-30-28)21(7-1)13-15-27-25-11-5-3-9-23(25)17-19-29-27;/h1-12,15-20H;/q-2;+2. The summed E-state index contributed by atoms with van der Waals surface area (Å²) in [6, 6.07) is 28.6. The topological polar surface area (TPSA) is 25.8 Å². The van der Waals surface area contributed by atoms with Crippen molar-refractivity contribution in [3.05, 3.63) is 132 Å². The van der Waals surface area contributed by atoms with Crippen LogP contribution in [-0.4, -0.2) is 9.97 Å². The van der Waals surface area contributed by atoms with E-state index in [9.17, 15) is 0 Å². The molecule has 0 bridgehead atoms. The summed E-state index contributed by atoms with van der Waals surface area (Å²) in [4.78, 5) is 9.05. The van der Waals surface area contributed by atoms with E-state index >= 15 is 0 Å². The van der Waals surface area contributed by atoms with E-state index in [1.165, 1.54) is 10.8 Å². The Morgan fingerprint density at radius 2 is 0.935 bits per heavy atom. The van der Waals surface area contributed by atoms with Crippen molar-refractivity contribution < 1.29 is 20.4 Å². The van der Waals surface area contributed by atoms with Gasteiger partial charge in [-0.3, -0.25) is 0 Å². The predicted octanol–water partition coefficient (Wildman–Crippen LogP) is 6.51. The molecule has 0 saturated heterocycles. The molecule has 3 heteroatoms. The minimum atomic E-state index is 0. The van der Waals surface area contributed by atoms with Crippen LogP contribution in [0.2, 0.25) is 0 Å². The van der Waals surface area contributed by atoms with E-state index in [1.807, 2.05) is 85.2 Å². The van der Waals surface area contributed by atoms with Crippen molar-refractivity contribution in [2.75, 3.05) is 0 Å². The van der Waals surface area contributed by atoms with Gasteiger partial charge in [-0.1, -0.05) is 48.5 Å². The first kappa shape index (κ1) is 20.9. The minimum Gasteiger partial charge on any atom is -0.304 e. The first-order valence-electron chi connectivity index (χ1n) is 9.84. The van der Waals surface area contributed by atoms with Crippen LogP contribution in [0, 0.1) is 12.2 Å². The van der Waals surface area contributed by atoms with Crippen LogP contribution < -0.4 is 0 Å². The van der Waals surface area contributed by atoms with Gasteiger partial charge in [0, 0.05) is 12.4 Å². The molecule has 0 aliphatic rings. The molecule has 0 aliphatic heterocycles.